The molecule has 156 valence electrons. The molecule has 0 bridgehead atoms. The molecule has 1 aliphatic heterocycles. The Kier molecular flexibility index (Phi) is 9.10. The predicted octanol–water partition coefficient (Wildman–Crippen LogP) is -0.262. The van der Waals surface area contributed by atoms with Crippen LogP contribution < -0.4 is 61.7 Å². The van der Waals surface area contributed by atoms with Crippen molar-refractivity contribution in [1.29, 1.82) is 0 Å². The zero-order valence-electron chi connectivity index (χ0n) is 17.5. The molecule has 1 fully saturated rings. The average Bonchev–Trinajstić information content (AvgIpc) is 2.53. The molecule has 1 saturated heterocycles. The fourth-order valence-electron chi connectivity index (χ4n) is 3.12. The van der Waals surface area contributed by atoms with Crippen LogP contribution in [0.4, 0.5) is 23.4 Å². The van der Waals surface area contributed by atoms with E-state index in [2.05, 4.69) is 0 Å². The first kappa shape index (κ1) is 26.3. The van der Waals surface area contributed by atoms with Crippen LogP contribution in [0.15, 0.2) is 12.1 Å². The van der Waals surface area contributed by atoms with E-state index in [1.807, 2.05) is 0 Å². The monoisotopic (exact) mass is 440 g/mol. The molecule has 0 unspecified atom stereocenters. The Bertz CT molecular complexity index is 761. The van der Waals surface area contributed by atoms with Gasteiger partial charge in [-0.3, -0.25) is 4.79 Å². The Morgan fingerprint density at radius 1 is 1.14 bits per heavy atom. The third kappa shape index (κ3) is 7.46. The molecule has 29 heavy (non-hydrogen) atoms. The van der Waals surface area contributed by atoms with E-state index in [0.717, 1.165) is 6.07 Å². The number of aliphatic carboxylic acids is 1. The normalized spacial score (nSPS) is 15.0. The zero-order valence-corrected chi connectivity index (χ0v) is 20.6. The summed E-state index contributed by atoms with van der Waals surface area (Å²) in [6.07, 6.45) is -0.932. The van der Waals surface area contributed by atoms with Crippen molar-refractivity contribution in [3.8, 4) is 0 Å². The van der Waals surface area contributed by atoms with Crippen LogP contribution in [0.1, 0.15) is 31.9 Å². The van der Waals surface area contributed by atoms with E-state index in [1.54, 1.807) is 25.7 Å². The van der Waals surface area contributed by atoms with Gasteiger partial charge in [0.25, 0.3) is 0 Å². The first-order chi connectivity index (χ1) is 12.8. The van der Waals surface area contributed by atoms with Crippen molar-refractivity contribution in [2.45, 2.75) is 39.7 Å². The molecule has 0 aromatic heterocycles. The quantitative estimate of drug-likeness (QED) is 0.654. The number of amides is 1. The molecule has 1 aromatic rings. The minimum atomic E-state index is -5.27. The fraction of sp³-hybridized carbons (Fsp3) is 0.556. The van der Waals surface area contributed by atoms with Gasteiger partial charge < -0.3 is 32.6 Å². The fourth-order valence-corrected chi connectivity index (χ4v) is 3.12. The molecule has 1 heterocycles. The average molecular weight is 440 g/mol. The molecule has 0 saturated carbocycles. The molecule has 1 N–H and O–H groups in total. The third-order valence-electron chi connectivity index (χ3n) is 4.53. The molecular formula is C18H25BF3KN2O4. The Morgan fingerprint density at radius 2 is 1.69 bits per heavy atom. The molecule has 1 amide bonds. The molecular weight excluding hydrogens is 415 g/mol. The first-order valence-electron chi connectivity index (χ1n) is 9.06. The number of carbonyl (C=O) groups excluding carboxylic acids is 1. The number of benzene rings is 1. The third-order valence-corrected chi connectivity index (χ3v) is 4.53. The Balaban J connectivity index is 0.00000420. The van der Waals surface area contributed by atoms with Crippen molar-refractivity contribution >= 4 is 30.2 Å². The number of nitrogens with zero attached hydrogens (tertiary/aromatic N) is 2. The van der Waals surface area contributed by atoms with Crippen LogP contribution in [0.3, 0.4) is 0 Å². The summed E-state index contributed by atoms with van der Waals surface area (Å²) in [4.78, 5) is 26.4. The van der Waals surface area contributed by atoms with E-state index in [0.29, 0.717) is 31.9 Å². The van der Waals surface area contributed by atoms with Gasteiger partial charge in [-0.25, -0.2) is 4.79 Å². The van der Waals surface area contributed by atoms with Gasteiger partial charge in [0, 0.05) is 31.9 Å². The van der Waals surface area contributed by atoms with Gasteiger partial charge in [0.2, 0.25) is 0 Å². The number of hydrogen-bond acceptors (Lipinski definition) is 4. The smallest absolute Gasteiger partial charge is 0.481 e. The second-order valence-electron chi connectivity index (χ2n) is 7.92. The number of carbonyl (C=O) groups is 2. The molecule has 6 nitrogen and oxygen atoms in total. The molecule has 1 aromatic carbocycles. The molecule has 2 rings (SSSR count). The number of hydrogen-bond donors (Lipinski definition) is 1. The van der Waals surface area contributed by atoms with E-state index < -0.39 is 36.5 Å². The molecule has 0 atom stereocenters. The van der Waals surface area contributed by atoms with Crippen LogP contribution in [0, 0.1) is 6.92 Å². The first-order valence-corrected chi connectivity index (χ1v) is 9.06. The zero-order chi connectivity index (χ0) is 21.3. The van der Waals surface area contributed by atoms with E-state index in [9.17, 15) is 22.5 Å². The standard InChI is InChI=1S/C18H25BF3N2O4.K/c1-12-13(10-16(25)26)9-14(11-15(12)19(20,21)22)23-5-7-24(8-6-23)17(27)28-18(2,3)4;/h9,11H,5-8,10H2,1-4H3,(H,25,26);/q-1;+1. The van der Waals surface area contributed by atoms with Crippen molar-refractivity contribution in [2.75, 3.05) is 31.1 Å². The predicted molar refractivity (Wildman–Crippen MR) is 101 cm³/mol. The minimum absolute atomic E-state index is 0. The number of halogens is 3. The number of carboxylic acids is 1. The summed E-state index contributed by atoms with van der Waals surface area (Å²) in [5.74, 6) is -1.18. The Labute approximate surface area is 211 Å². The largest absolute Gasteiger partial charge is 1.00 e. The minimum Gasteiger partial charge on any atom is -0.481 e. The van der Waals surface area contributed by atoms with Gasteiger partial charge in [-0.1, -0.05) is 11.6 Å². The molecule has 0 spiro atoms. The van der Waals surface area contributed by atoms with Crippen molar-refractivity contribution in [3.05, 3.63) is 23.3 Å². The summed E-state index contributed by atoms with van der Waals surface area (Å²) in [5.41, 5.74) is -0.983. The van der Waals surface area contributed by atoms with Gasteiger partial charge in [0.05, 0.1) is 6.42 Å². The topological polar surface area (TPSA) is 70.1 Å². The number of carboxylic acid groups (broad SMARTS) is 1. The van der Waals surface area contributed by atoms with Gasteiger partial charge >= 0.3 is 70.4 Å². The number of piperazine rings is 1. The van der Waals surface area contributed by atoms with Gasteiger partial charge in [-0.15, -0.1) is 5.46 Å². The van der Waals surface area contributed by atoms with E-state index in [4.69, 9.17) is 9.84 Å². The van der Waals surface area contributed by atoms with Crippen molar-refractivity contribution in [3.63, 3.8) is 0 Å². The molecule has 0 aliphatic carbocycles. The molecule has 0 radical (unpaired) electrons. The van der Waals surface area contributed by atoms with Gasteiger partial charge in [-0.05, 0) is 39.3 Å². The van der Waals surface area contributed by atoms with Crippen LogP contribution in [0.25, 0.3) is 0 Å². The van der Waals surface area contributed by atoms with Gasteiger partial charge in [-0.2, -0.15) is 0 Å². The van der Waals surface area contributed by atoms with Gasteiger partial charge in [0.15, 0.2) is 0 Å². The van der Waals surface area contributed by atoms with E-state index in [-0.39, 0.29) is 62.5 Å². The van der Waals surface area contributed by atoms with Crippen molar-refractivity contribution in [1.82, 2.24) is 4.90 Å². The summed E-state index contributed by atoms with van der Waals surface area (Å²) >= 11 is 0. The maximum absolute atomic E-state index is 13.5. The summed E-state index contributed by atoms with van der Waals surface area (Å²) < 4.78 is 45.7. The van der Waals surface area contributed by atoms with Gasteiger partial charge in [0.1, 0.15) is 5.60 Å². The van der Waals surface area contributed by atoms with Crippen LogP contribution in [-0.4, -0.2) is 60.8 Å². The Hall–Kier alpha value is -0.749. The maximum atomic E-state index is 13.5. The second kappa shape index (κ2) is 10.0. The molecule has 11 heteroatoms. The van der Waals surface area contributed by atoms with Crippen LogP contribution in [0.5, 0.6) is 0 Å². The second-order valence-corrected chi connectivity index (χ2v) is 7.92. The Morgan fingerprint density at radius 3 is 2.14 bits per heavy atom. The molecule has 1 aliphatic rings. The number of rotatable bonds is 4. The summed E-state index contributed by atoms with van der Waals surface area (Å²) in [7, 11) is 0. The maximum Gasteiger partial charge on any atom is 1.00 e. The number of anilines is 1. The van der Waals surface area contributed by atoms with Crippen LogP contribution in [-0.2, 0) is 16.0 Å². The number of ether oxygens (including phenoxy) is 1. The van der Waals surface area contributed by atoms with Crippen LogP contribution in [0.2, 0.25) is 0 Å². The summed E-state index contributed by atoms with van der Waals surface area (Å²) in [6.45, 7) is 2.60. The van der Waals surface area contributed by atoms with Crippen molar-refractivity contribution < 1.29 is 83.8 Å². The van der Waals surface area contributed by atoms with Crippen LogP contribution >= 0.6 is 0 Å². The van der Waals surface area contributed by atoms with E-state index in [1.165, 1.54) is 17.9 Å². The summed E-state index contributed by atoms with van der Waals surface area (Å²) in [6, 6.07) is 2.57. The van der Waals surface area contributed by atoms with E-state index >= 15 is 0 Å². The summed E-state index contributed by atoms with van der Waals surface area (Å²) in [5, 5.41) is 9.03. The van der Waals surface area contributed by atoms with Crippen molar-refractivity contribution in [2.24, 2.45) is 0 Å². The SMILES string of the molecule is Cc1c(CC(=O)O)cc(N2CCN(C(=O)OC(C)(C)C)CC2)cc1[B-](F)(F)F.[K+].